The van der Waals surface area contributed by atoms with Gasteiger partial charge in [-0.05, 0) is 43.3 Å². The first-order chi connectivity index (χ1) is 11.6. The van der Waals surface area contributed by atoms with Gasteiger partial charge >= 0.3 is 0 Å². The van der Waals surface area contributed by atoms with Crippen LogP contribution in [0, 0.1) is 0 Å². The minimum Gasteiger partial charge on any atom is -0.497 e. The SMILES string of the molecule is COc1ccc(OC)c(/C=C2\C(=O)N(c3ccccc3)N=C2C)c1. The Hall–Kier alpha value is -3.08. The standard InChI is InChI=1S/C19H18N2O3/c1-13-17(12-14-11-16(23-2)9-10-18(14)24-3)19(22)21(20-13)15-7-5-4-6-8-15/h4-12H,1-3H3/b17-12-. The normalized spacial score (nSPS) is 15.6. The molecule has 0 saturated carbocycles. The number of carbonyl (C=O) groups is 1. The van der Waals surface area contributed by atoms with Crippen molar-refractivity contribution in [1.29, 1.82) is 0 Å². The first kappa shape index (κ1) is 15.8. The number of rotatable bonds is 4. The molecule has 1 aliphatic rings. The number of ether oxygens (including phenoxy) is 2. The summed E-state index contributed by atoms with van der Waals surface area (Å²) in [4.78, 5) is 12.7. The molecule has 0 saturated heterocycles. The second-order valence-electron chi connectivity index (χ2n) is 5.30. The van der Waals surface area contributed by atoms with Crippen LogP contribution in [-0.4, -0.2) is 25.8 Å². The van der Waals surface area contributed by atoms with E-state index >= 15 is 0 Å². The van der Waals surface area contributed by atoms with Gasteiger partial charge in [0.2, 0.25) is 0 Å². The zero-order valence-corrected chi connectivity index (χ0v) is 13.8. The first-order valence-electron chi connectivity index (χ1n) is 7.53. The number of hydrazone groups is 1. The lowest BCUT2D eigenvalue weighted by Crippen LogP contribution is -2.21. The Morgan fingerprint density at radius 3 is 2.46 bits per heavy atom. The molecule has 1 heterocycles. The van der Waals surface area contributed by atoms with E-state index in [4.69, 9.17) is 9.47 Å². The topological polar surface area (TPSA) is 51.1 Å². The zero-order chi connectivity index (χ0) is 17.1. The number of benzene rings is 2. The van der Waals surface area contributed by atoms with Crippen molar-refractivity contribution in [2.45, 2.75) is 6.92 Å². The molecule has 24 heavy (non-hydrogen) atoms. The Labute approximate surface area is 140 Å². The minimum atomic E-state index is -0.163. The third kappa shape index (κ3) is 2.88. The number of methoxy groups -OCH3 is 2. The molecule has 0 fully saturated rings. The van der Waals surface area contributed by atoms with Crippen molar-refractivity contribution in [2.24, 2.45) is 5.10 Å². The molecule has 122 valence electrons. The molecular formula is C19H18N2O3. The van der Waals surface area contributed by atoms with Crippen LogP contribution in [-0.2, 0) is 4.79 Å². The molecule has 1 aliphatic heterocycles. The maximum Gasteiger partial charge on any atom is 0.280 e. The van der Waals surface area contributed by atoms with Crippen molar-refractivity contribution < 1.29 is 14.3 Å². The molecule has 0 aromatic heterocycles. The largest absolute Gasteiger partial charge is 0.497 e. The fourth-order valence-electron chi connectivity index (χ4n) is 2.54. The van der Waals surface area contributed by atoms with Gasteiger partial charge in [-0.2, -0.15) is 10.1 Å². The van der Waals surface area contributed by atoms with E-state index in [1.54, 1.807) is 20.3 Å². The third-order valence-electron chi connectivity index (χ3n) is 3.80. The molecule has 3 rings (SSSR count). The van der Waals surface area contributed by atoms with E-state index in [0.29, 0.717) is 22.8 Å². The Kier molecular flexibility index (Phi) is 4.33. The van der Waals surface area contributed by atoms with Crippen LogP contribution >= 0.6 is 0 Å². The number of para-hydroxylation sites is 1. The lowest BCUT2D eigenvalue weighted by molar-refractivity contribution is -0.114. The van der Waals surface area contributed by atoms with E-state index in [-0.39, 0.29) is 5.91 Å². The Bertz CT molecular complexity index is 826. The number of carbonyl (C=O) groups excluding carboxylic acids is 1. The van der Waals surface area contributed by atoms with Crippen LogP contribution in [0.5, 0.6) is 11.5 Å². The fourth-order valence-corrected chi connectivity index (χ4v) is 2.54. The molecule has 2 aromatic rings. The van der Waals surface area contributed by atoms with Crippen molar-refractivity contribution in [3.63, 3.8) is 0 Å². The average Bonchev–Trinajstić information content (AvgIpc) is 2.90. The van der Waals surface area contributed by atoms with Crippen LogP contribution in [0.15, 0.2) is 59.2 Å². The summed E-state index contributed by atoms with van der Waals surface area (Å²) in [6.45, 7) is 1.82. The quantitative estimate of drug-likeness (QED) is 0.809. The fraction of sp³-hybridized carbons (Fsp3) is 0.158. The summed E-state index contributed by atoms with van der Waals surface area (Å²) in [5.41, 5.74) is 2.70. The zero-order valence-electron chi connectivity index (χ0n) is 13.8. The Balaban J connectivity index is 2.00. The van der Waals surface area contributed by atoms with E-state index in [9.17, 15) is 4.79 Å². The highest BCUT2D eigenvalue weighted by molar-refractivity contribution is 6.32. The van der Waals surface area contributed by atoms with Gasteiger partial charge in [-0.1, -0.05) is 18.2 Å². The first-order valence-corrected chi connectivity index (χ1v) is 7.53. The van der Waals surface area contributed by atoms with E-state index in [1.165, 1.54) is 5.01 Å². The summed E-state index contributed by atoms with van der Waals surface area (Å²) in [6.07, 6.45) is 1.78. The van der Waals surface area contributed by atoms with Crippen LogP contribution in [0.2, 0.25) is 0 Å². The van der Waals surface area contributed by atoms with Crippen LogP contribution in [0.4, 0.5) is 5.69 Å². The summed E-state index contributed by atoms with van der Waals surface area (Å²) < 4.78 is 10.6. The van der Waals surface area contributed by atoms with Gasteiger partial charge in [0.05, 0.1) is 31.2 Å². The number of anilines is 1. The highest BCUT2D eigenvalue weighted by Crippen LogP contribution is 2.29. The summed E-state index contributed by atoms with van der Waals surface area (Å²) in [7, 11) is 3.20. The highest BCUT2D eigenvalue weighted by Gasteiger charge is 2.28. The molecule has 0 N–H and O–H groups in total. The third-order valence-corrected chi connectivity index (χ3v) is 3.80. The van der Waals surface area contributed by atoms with Crippen molar-refractivity contribution >= 4 is 23.4 Å². The Morgan fingerprint density at radius 1 is 1.04 bits per heavy atom. The molecule has 0 radical (unpaired) electrons. The van der Waals surface area contributed by atoms with Gasteiger partial charge in [0.15, 0.2) is 0 Å². The Morgan fingerprint density at radius 2 is 1.79 bits per heavy atom. The summed E-state index contributed by atoms with van der Waals surface area (Å²) in [6, 6.07) is 14.8. The molecule has 5 heteroatoms. The van der Waals surface area contributed by atoms with Gasteiger partial charge in [-0.3, -0.25) is 4.79 Å². The smallest absolute Gasteiger partial charge is 0.280 e. The summed E-state index contributed by atoms with van der Waals surface area (Å²) in [5.74, 6) is 1.20. The number of nitrogens with zero attached hydrogens (tertiary/aromatic N) is 2. The van der Waals surface area contributed by atoms with Gasteiger partial charge in [-0.25, -0.2) is 0 Å². The average molecular weight is 322 g/mol. The highest BCUT2D eigenvalue weighted by atomic mass is 16.5. The maximum atomic E-state index is 12.7. The molecule has 5 nitrogen and oxygen atoms in total. The molecular weight excluding hydrogens is 304 g/mol. The van der Waals surface area contributed by atoms with Gasteiger partial charge in [0.25, 0.3) is 5.91 Å². The predicted octanol–water partition coefficient (Wildman–Crippen LogP) is 3.51. The van der Waals surface area contributed by atoms with Crippen LogP contribution in [0.3, 0.4) is 0 Å². The van der Waals surface area contributed by atoms with E-state index < -0.39 is 0 Å². The van der Waals surface area contributed by atoms with Crippen molar-refractivity contribution in [3.05, 3.63) is 59.7 Å². The summed E-state index contributed by atoms with van der Waals surface area (Å²) >= 11 is 0. The van der Waals surface area contributed by atoms with Gasteiger partial charge < -0.3 is 9.47 Å². The van der Waals surface area contributed by atoms with Gasteiger partial charge in [0, 0.05) is 5.56 Å². The number of hydrogen-bond donors (Lipinski definition) is 0. The van der Waals surface area contributed by atoms with Gasteiger partial charge in [-0.15, -0.1) is 0 Å². The molecule has 0 spiro atoms. The van der Waals surface area contributed by atoms with E-state index in [1.807, 2.05) is 55.5 Å². The lowest BCUT2D eigenvalue weighted by atomic mass is 10.1. The number of hydrogen-bond acceptors (Lipinski definition) is 4. The summed E-state index contributed by atoms with van der Waals surface area (Å²) in [5, 5.41) is 5.79. The second kappa shape index (κ2) is 6.58. The van der Waals surface area contributed by atoms with Crippen LogP contribution < -0.4 is 14.5 Å². The molecule has 0 bridgehead atoms. The second-order valence-corrected chi connectivity index (χ2v) is 5.30. The van der Waals surface area contributed by atoms with E-state index in [0.717, 1.165) is 11.3 Å². The predicted molar refractivity (Wildman–Crippen MR) is 94.6 cm³/mol. The van der Waals surface area contributed by atoms with Crippen molar-refractivity contribution in [3.8, 4) is 11.5 Å². The molecule has 0 unspecified atom stereocenters. The van der Waals surface area contributed by atoms with Crippen molar-refractivity contribution in [2.75, 3.05) is 19.2 Å². The van der Waals surface area contributed by atoms with Gasteiger partial charge in [0.1, 0.15) is 11.5 Å². The monoisotopic (exact) mass is 322 g/mol. The molecule has 0 atom stereocenters. The van der Waals surface area contributed by atoms with Crippen LogP contribution in [0.25, 0.3) is 6.08 Å². The minimum absolute atomic E-state index is 0.163. The number of amides is 1. The van der Waals surface area contributed by atoms with Crippen molar-refractivity contribution in [1.82, 2.24) is 0 Å². The van der Waals surface area contributed by atoms with Crippen LogP contribution in [0.1, 0.15) is 12.5 Å². The molecule has 1 amide bonds. The maximum absolute atomic E-state index is 12.7. The van der Waals surface area contributed by atoms with E-state index in [2.05, 4.69) is 5.10 Å². The lowest BCUT2D eigenvalue weighted by Gasteiger charge is -2.11. The molecule has 2 aromatic carbocycles. The molecule has 0 aliphatic carbocycles.